The molecule has 2 heterocycles. The van der Waals surface area contributed by atoms with Gasteiger partial charge in [0, 0.05) is 40.3 Å². The zero-order chi connectivity index (χ0) is 19.4. The summed E-state index contributed by atoms with van der Waals surface area (Å²) in [5.41, 5.74) is 0.768. The lowest BCUT2D eigenvalue weighted by Crippen LogP contribution is -2.47. The number of esters is 1. The van der Waals surface area contributed by atoms with Gasteiger partial charge in [0.05, 0.1) is 24.1 Å². The van der Waals surface area contributed by atoms with Crippen molar-refractivity contribution in [2.75, 3.05) is 66.3 Å². The van der Waals surface area contributed by atoms with E-state index in [0.29, 0.717) is 15.4 Å². The van der Waals surface area contributed by atoms with Crippen molar-refractivity contribution >= 4 is 34.1 Å². The maximum Gasteiger partial charge on any atom is 0.341 e. The third-order valence-electron chi connectivity index (χ3n) is 4.35. The summed E-state index contributed by atoms with van der Waals surface area (Å²) in [6.07, 6.45) is 0. The second-order valence-electron chi connectivity index (χ2n) is 6.58. The number of nitrogens with zero attached hydrogens (tertiary/aromatic N) is 3. The van der Waals surface area contributed by atoms with E-state index < -0.39 is 5.97 Å². The van der Waals surface area contributed by atoms with Gasteiger partial charge in [0.1, 0.15) is 5.00 Å². The van der Waals surface area contributed by atoms with Gasteiger partial charge < -0.3 is 19.9 Å². The smallest absolute Gasteiger partial charge is 0.341 e. The molecule has 0 aromatic carbocycles. The number of hydrogen-bond acceptors (Lipinski definition) is 7. The highest BCUT2D eigenvalue weighted by Crippen LogP contribution is 2.34. The summed E-state index contributed by atoms with van der Waals surface area (Å²) in [7, 11) is 6.62. The van der Waals surface area contributed by atoms with Crippen LogP contribution in [0.15, 0.2) is 0 Å². The molecule has 0 bridgehead atoms. The summed E-state index contributed by atoms with van der Waals surface area (Å²) in [4.78, 5) is 43.1. The van der Waals surface area contributed by atoms with Crippen LogP contribution in [0.5, 0.6) is 0 Å². The highest BCUT2D eigenvalue weighted by atomic mass is 32.1. The lowest BCUT2D eigenvalue weighted by molar-refractivity contribution is -0.117. The summed E-state index contributed by atoms with van der Waals surface area (Å²) < 4.78 is 4.83. The lowest BCUT2D eigenvalue weighted by Gasteiger charge is -2.31. The molecule has 0 spiro atoms. The fourth-order valence-electron chi connectivity index (χ4n) is 2.73. The van der Waals surface area contributed by atoms with Crippen LogP contribution in [0.1, 0.15) is 25.6 Å². The summed E-state index contributed by atoms with van der Waals surface area (Å²) in [6.45, 7) is 5.42. The molecule has 1 saturated heterocycles. The Kier molecular flexibility index (Phi) is 6.74. The standard InChI is InChI=1S/C17H26N4O4S/c1-11-13(17(24)25-5)15(26-14(11)16(23)19(2)3)18-12(22)10-21-8-6-20(4)7-9-21/h6-10H2,1-5H3,(H,18,22). The van der Waals surface area contributed by atoms with Crippen LogP contribution in [0.25, 0.3) is 0 Å². The van der Waals surface area contributed by atoms with E-state index >= 15 is 0 Å². The largest absolute Gasteiger partial charge is 0.465 e. The molecule has 26 heavy (non-hydrogen) atoms. The third-order valence-corrected chi connectivity index (χ3v) is 5.55. The number of carbonyl (C=O) groups excluding carboxylic acids is 3. The second kappa shape index (κ2) is 8.61. The first-order valence-electron chi connectivity index (χ1n) is 8.38. The Labute approximate surface area is 157 Å². The Hall–Kier alpha value is -1.97. The number of thiophene rings is 1. The van der Waals surface area contributed by atoms with Gasteiger partial charge in [0.25, 0.3) is 5.91 Å². The average Bonchev–Trinajstić information content (AvgIpc) is 2.91. The van der Waals surface area contributed by atoms with Gasteiger partial charge in [-0.1, -0.05) is 0 Å². The van der Waals surface area contributed by atoms with E-state index in [0.717, 1.165) is 37.5 Å². The molecule has 0 saturated carbocycles. The Bertz CT molecular complexity index is 693. The summed E-state index contributed by atoms with van der Waals surface area (Å²) in [5.74, 6) is -0.978. The van der Waals surface area contributed by atoms with Crippen molar-refractivity contribution in [2.24, 2.45) is 0 Å². The molecular formula is C17H26N4O4S. The minimum Gasteiger partial charge on any atom is -0.465 e. The van der Waals surface area contributed by atoms with Crippen molar-refractivity contribution in [3.8, 4) is 0 Å². The maximum absolute atomic E-state index is 12.4. The number of rotatable bonds is 5. The molecule has 8 nitrogen and oxygen atoms in total. The minimum absolute atomic E-state index is 0.204. The molecule has 9 heteroatoms. The Balaban J connectivity index is 2.19. The highest BCUT2D eigenvalue weighted by molar-refractivity contribution is 7.18. The SMILES string of the molecule is COC(=O)c1c(NC(=O)CN2CCN(C)CC2)sc(C(=O)N(C)C)c1C. The first kappa shape index (κ1) is 20.3. The molecule has 0 radical (unpaired) electrons. The van der Waals surface area contributed by atoms with Gasteiger partial charge in [0.2, 0.25) is 5.91 Å². The number of methoxy groups -OCH3 is 1. The van der Waals surface area contributed by atoms with Crippen molar-refractivity contribution < 1.29 is 19.1 Å². The molecule has 0 unspecified atom stereocenters. The second-order valence-corrected chi connectivity index (χ2v) is 7.60. The van der Waals surface area contributed by atoms with Crippen LogP contribution in [0.4, 0.5) is 5.00 Å². The molecule has 1 aromatic rings. The number of likely N-dealkylation sites (N-methyl/N-ethyl adjacent to an activating group) is 1. The minimum atomic E-state index is -0.563. The predicted octanol–water partition coefficient (Wildman–Crippen LogP) is 0.731. The normalized spacial score (nSPS) is 15.6. The van der Waals surface area contributed by atoms with Crippen molar-refractivity contribution in [2.45, 2.75) is 6.92 Å². The Morgan fingerprint density at radius 1 is 1.19 bits per heavy atom. The van der Waals surface area contributed by atoms with Gasteiger partial charge in [-0.25, -0.2) is 4.79 Å². The number of nitrogens with one attached hydrogen (secondary N) is 1. The Morgan fingerprint density at radius 3 is 2.35 bits per heavy atom. The zero-order valence-corrected chi connectivity index (χ0v) is 16.7. The first-order valence-corrected chi connectivity index (χ1v) is 9.20. The fraction of sp³-hybridized carbons (Fsp3) is 0.588. The van der Waals surface area contributed by atoms with Crippen LogP contribution in [0.2, 0.25) is 0 Å². The molecule has 1 aliphatic heterocycles. The van der Waals surface area contributed by atoms with E-state index in [1.165, 1.54) is 12.0 Å². The van der Waals surface area contributed by atoms with Crippen LogP contribution in [-0.4, -0.2) is 93.5 Å². The van der Waals surface area contributed by atoms with Crippen LogP contribution in [0.3, 0.4) is 0 Å². The van der Waals surface area contributed by atoms with Gasteiger partial charge in [-0.15, -0.1) is 11.3 Å². The van der Waals surface area contributed by atoms with Gasteiger partial charge in [-0.3, -0.25) is 14.5 Å². The monoisotopic (exact) mass is 382 g/mol. The van der Waals surface area contributed by atoms with E-state index in [9.17, 15) is 14.4 Å². The summed E-state index contributed by atoms with van der Waals surface area (Å²) in [5, 5.41) is 3.15. The number of amides is 2. The van der Waals surface area contributed by atoms with Crippen LogP contribution in [-0.2, 0) is 9.53 Å². The third kappa shape index (κ3) is 4.60. The number of piperazine rings is 1. The maximum atomic E-state index is 12.4. The molecule has 144 valence electrons. The van der Waals surface area contributed by atoms with Gasteiger partial charge >= 0.3 is 5.97 Å². The van der Waals surface area contributed by atoms with Crippen LogP contribution in [0, 0.1) is 6.92 Å². The number of ether oxygens (including phenoxy) is 1. The van der Waals surface area contributed by atoms with Crippen molar-refractivity contribution in [1.82, 2.24) is 14.7 Å². The summed E-state index contributed by atoms with van der Waals surface area (Å²) in [6, 6.07) is 0. The highest BCUT2D eigenvalue weighted by Gasteiger charge is 2.27. The Morgan fingerprint density at radius 2 is 1.81 bits per heavy atom. The molecule has 2 rings (SSSR count). The molecule has 1 N–H and O–H groups in total. The first-order chi connectivity index (χ1) is 12.2. The van der Waals surface area contributed by atoms with Crippen molar-refractivity contribution in [1.29, 1.82) is 0 Å². The molecular weight excluding hydrogens is 356 g/mol. The number of carbonyl (C=O) groups is 3. The molecule has 1 aliphatic rings. The van der Waals surface area contributed by atoms with E-state index in [-0.39, 0.29) is 23.9 Å². The van der Waals surface area contributed by atoms with Crippen molar-refractivity contribution in [3.05, 3.63) is 16.0 Å². The van der Waals surface area contributed by atoms with Crippen molar-refractivity contribution in [3.63, 3.8) is 0 Å². The fourth-order valence-corrected chi connectivity index (χ4v) is 3.96. The quantitative estimate of drug-likeness (QED) is 0.756. The van der Waals surface area contributed by atoms with Crippen LogP contribution < -0.4 is 5.32 Å². The molecule has 1 aromatic heterocycles. The average molecular weight is 382 g/mol. The molecule has 1 fully saturated rings. The van der Waals surface area contributed by atoms with E-state index in [1.54, 1.807) is 21.0 Å². The zero-order valence-electron chi connectivity index (χ0n) is 15.9. The van der Waals surface area contributed by atoms with E-state index in [1.807, 2.05) is 0 Å². The summed E-state index contributed by atoms with van der Waals surface area (Å²) >= 11 is 1.11. The molecule has 0 atom stereocenters. The molecule has 2 amide bonds. The van der Waals surface area contributed by atoms with E-state index in [4.69, 9.17) is 4.74 Å². The van der Waals surface area contributed by atoms with Gasteiger partial charge in [-0.05, 0) is 19.5 Å². The van der Waals surface area contributed by atoms with E-state index in [2.05, 4.69) is 22.2 Å². The van der Waals surface area contributed by atoms with Crippen LogP contribution >= 0.6 is 11.3 Å². The number of anilines is 1. The number of hydrogen-bond donors (Lipinski definition) is 1. The topological polar surface area (TPSA) is 82.2 Å². The van der Waals surface area contributed by atoms with Gasteiger partial charge in [-0.2, -0.15) is 0 Å². The van der Waals surface area contributed by atoms with Gasteiger partial charge in [0.15, 0.2) is 0 Å². The predicted molar refractivity (Wildman–Crippen MR) is 101 cm³/mol. The lowest BCUT2D eigenvalue weighted by atomic mass is 10.1. The molecule has 0 aliphatic carbocycles.